The molecule has 1 aliphatic rings. The highest BCUT2D eigenvalue weighted by Gasteiger charge is 2.25. The lowest BCUT2D eigenvalue weighted by Crippen LogP contribution is -2.36. The first kappa shape index (κ1) is 10.7. The quantitative estimate of drug-likeness (QED) is 0.697. The molecule has 5 heteroatoms. The summed E-state index contributed by atoms with van der Waals surface area (Å²) in [5.41, 5.74) is 1.60. The van der Waals surface area contributed by atoms with E-state index in [1.165, 1.54) is 0 Å². The van der Waals surface area contributed by atoms with Gasteiger partial charge in [-0.15, -0.1) is 0 Å². The van der Waals surface area contributed by atoms with Gasteiger partial charge in [0.1, 0.15) is 11.5 Å². The summed E-state index contributed by atoms with van der Waals surface area (Å²) in [6.07, 6.45) is 1.82. The standard InChI is InChI=1S/C11H17N5/c1-7-8-9(15-10(12-5)14-7)16(6-13-8)11(2,3)4/h6H,1H2,2-5H3,(H2,12,14,15). The average molecular weight is 219 g/mol. The van der Waals surface area contributed by atoms with Crippen LogP contribution in [0.15, 0.2) is 17.9 Å². The van der Waals surface area contributed by atoms with Gasteiger partial charge in [-0.3, -0.25) is 4.99 Å². The second-order valence-corrected chi connectivity index (χ2v) is 4.78. The van der Waals surface area contributed by atoms with Gasteiger partial charge in [0.15, 0.2) is 0 Å². The lowest BCUT2D eigenvalue weighted by atomic mass is 10.1. The van der Waals surface area contributed by atoms with Gasteiger partial charge in [-0.05, 0) is 20.8 Å². The van der Waals surface area contributed by atoms with Crippen molar-refractivity contribution in [2.45, 2.75) is 26.3 Å². The van der Waals surface area contributed by atoms with Crippen LogP contribution in [0.25, 0.3) is 5.70 Å². The number of aromatic nitrogens is 2. The molecule has 2 heterocycles. The van der Waals surface area contributed by atoms with Crippen LogP contribution in [-0.2, 0) is 5.54 Å². The summed E-state index contributed by atoms with van der Waals surface area (Å²) in [6.45, 7) is 10.3. The number of imidazole rings is 1. The molecule has 0 spiro atoms. The molecule has 0 bridgehead atoms. The smallest absolute Gasteiger partial charge is 0.201 e. The predicted octanol–water partition coefficient (Wildman–Crippen LogP) is 1.61. The van der Waals surface area contributed by atoms with Crippen molar-refractivity contribution in [2.75, 3.05) is 12.4 Å². The van der Waals surface area contributed by atoms with Crippen LogP contribution >= 0.6 is 0 Å². The molecule has 0 saturated heterocycles. The molecule has 0 radical (unpaired) electrons. The van der Waals surface area contributed by atoms with E-state index in [9.17, 15) is 0 Å². The van der Waals surface area contributed by atoms with E-state index in [1.54, 1.807) is 7.05 Å². The number of anilines is 1. The van der Waals surface area contributed by atoms with Crippen molar-refractivity contribution in [1.29, 1.82) is 0 Å². The van der Waals surface area contributed by atoms with E-state index >= 15 is 0 Å². The summed E-state index contributed by atoms with van der Waals surface area (Å²) >= 11 is 0. The molecule has 1 aromatic heterocycles. The van der Waals surface area contributed by atoms with Gasteiger partial charge in [0.05, 0.1) is 12.0 Å². The van der Waals surface area contributed by atoms with Crippen molar-refractivity contribution in [2.24, 2.45) is 4.99 Å². The Morgan fingerprint density at radius 1 is 1.38 bits per heavy atom. The van der Waals surface area contributed by atoms with E-state index in [4.69, 9.17) is 0 Å². The zero-order valence-electron chi connectivity index (χ0n) is 10.1. The highest BCUT2D eigenvalue weighted by atomic mass is 15.3. The molecule has 0 aromatic carbocycles. The number of aliphatic imine (C=N–C) groups is 1. The Morgan fingerprint density at radius 2 is 2.06 bits per heavy atom. The maximum absolute atomic E-state index is 4.36. The van der Waals surface area contributed by atoms with Crippen LogP contribution in [0, 0.1) is 0 Å². The minimum atomic E-state index is -0.0238. The summed E-state index contributed by atoms with van der Waals surface area (Å²) in [5.74, 6) is 1.64. The number of hydrogen-bond donors (Lipinski definition) is 2. The minimum Gasteiger partial charge on any atom is -0.325 e. The Balaban J connectivity index is 2.53. The zero-order chi connectivity index (χ0) is 11.9. The fourth-order valence-corrected chi connectivity index (χ4v) is 1.65. The molecule has 86 valence electrons. The lowest BCUT2D eigenvalue weighted by molar-refractivity contribution is 0.401. The van der Waals surface area contributed by atoms with Gasteiger partial charge in [0, 0.05) is 12.6 Å². The summed E-state index contributed by atoms with van der Waals surface area (Å²) in [7, 11) is 1.73. The van der Waals surface area contributed by atoms with Crippen LogP contribution in [0.1, 0.15) is 26.5 Å². The number of fused-ring (bicyclic) bond motifs is 1. The van der Waals surface area contributed by atoms with Crippen LogP contribution in [0.3, 0.4) is 0 Å². The van der Waals surface area contributed by atoms with E-state index in [-0.39, 0.29) is 5.54 Å². The van der Waals surface area contributed by atoms with Gasteiger partial charge in [0.25, 0.3) is 0 Å². The van der Waals surface area contributed by atoms with E-state index in [2.05, 4.69) is 52.5 Å². The molecule has 0 saturated carbocycles. The zero-order valence-corrected chi connectivity index (χ0v) is 10.1. The third-order valence-electron chi connectivity index (χ3n) is 2.51. The van der Waals surface area contributed by atoms with Gasteiger partial charge in [-0.1, -0.05) is 6.58 Å². The maximum atomic E-state index is 4.36. The molecule has 2 rings (SSSR count). The summed E-state index contributed by atoms with van der Waals surface area (Å²) in [6, 6.07) is 0. The Hall–Kier alpha value is -1.78. The number of hydrogen-bond acceptors (Lipinski definition) is 2. The summed E-state index contributed by atoms with van der Waals surface area (Å²) in [4.78, 5) is 8.45. The number of guanidine groups is 1. The van der Waals surface area contributed by atoms with E-state index < -0.39 is 0 Å². The van der Waals surface area contributed by atoms with Crippen LogP contribution in [0.5, 0.6) is 0 Å². The second kappa shape index (κ2) is 3.37. The normalized spacial score (nSPS) is 18.0. The second-order valence-electron chi connectivity index (χ2n) is 4.78. The molecule has 0 unspecified atom stereocenters. The largest absolute Gasteiger partial charge is 0.325 e. The molecule has 1 aliphatic heterocycles. The van der Waals surface area contributed by atoms with Crippen molar-refractivity contribution in [1.82, 2.24) is 14.9 Å². The fraction of sp³-hybridized carbons (Fsp3) is 0.455. The first-order valence-corrected chi connectivity index (χ1v) is 5.21. The molecule has 0 atom stereocenters. The van der Waals surface area contributed by atoms with Crippen molar-refractivity contribution in [3.8, 4) is 0 Å². The van der Waals surface area contributed by atoms with Crippen LogP contribution in [-0.4, -0.2) is 22.6 Å². The molecule has 2 N–H and O–H groups in total. The van der Waals surface area contributed by atoms with E-state index in [0.717, 1.165) is 17.2 Å². The summed E-state index contributed by atoms with van der Waals surface area (Å²) < 4.78 is 2.08. The van der Waals surface area contributed by atoms with Gasteiger partial charge in [-0.2, -0.15) is 0 Å². The highest BCUT2D eigenvalue weighted by Crippen LogP contribution is 2.28. The van der Waals surface area contributed by atoms with E-state index in [0.29, 0.717) is 5.96 Å². The lowest BCUT2D eigenvalue weighted by Gasteiger charge is -2.27. The van der Waals surface area contributed by atoms with Crippen molar-refractivity contribution in [3.63, 3.8) is 0 Å². The Labute approximate surface area is 95.3 Å². The topological polar surface area (TPSA) is 54.2 Å². The summed E-state index contributed by atoms with van der Waals surface area (Å²) in [5, 5.41) is 6.27. The number of nitrogens with zero attached hydrogens (tertiary/aromatic N) is 3. The van der Waals surface area contributed by atoms with Crippen molar-refractivity contribution >= 4 is 17.5 Å². The first-order valence-electron chi connectivity index (χ1n) is 5.21. The van der Waals surface area contributed by atoms with Gasteiger partial charge in [-0.25, -0.2) is 4.98 Å². The third-order valence-corrected chi connectivity index (χ3v) is 2.51. The van der Waals surface area contributed by atoms with Crippen LogP contribution < -0.4 is 10.6 Å². The molecule has 0 aliphatic carbocycles. The van der Waals surface area contributed by atoms with Crippen molar-refractivity contribution < 1.29 is 0 Å². The molecule has 0 amide bonds. The fourth-order valence-electron chi connectivity index (χ4n) is 1.65. The predicted molar refractivity (Wildman–Crippen MR) is 66.4 cm³/mol. The Morgan fingerprint density at radius 3 is 2.62 bits per heavy atom. The first-order chi connectivity index (χ1) is 7.43. The number of rotatable bonds is 0. The molecule has 16 heavy (non-hydrogen) atoms. The van der Waals surface area contributed by atoms with Crippen molar-refractivity contribution in [3.05, 3.63) is 18.6 Å². The molecular formula is C11H17N5. The number of nitrogens with one attached hydrogen (secondary N) is 2. The van der Waals surface area contributed by atoms with Gasteiger partial charge in [0.2, 0.25) is 5.96 Å². The monoisotopic (exact) mass is 219 g/mol. The molecule has 0 fully saturated rings. The SMILES string of the molecule is C=C1NC(=NC)Nc2c1ncn2C(C)(C)C. The van der Waals surface area contributed by atoms with Crippen LogP contribution in [0.4, 0.5) is 5.82 Å². The third kappa shape index (κ3) is 1.58. The molecular weight excluding hydrogens is 202 g/mol. The maximum Gasteiger partial charge on any atom is 0.201 e. The minimum absolute atomic E-state index is 0.0238. The van der Waals surface area contributed by atoms with Crippen LogP contribution in [0.2, 0.25) is 0 Å². The Bertz CT molecular complexity index is 461. The highest BCUT2D eigenvalue weighted by molar-refractivity contribution is 6.03. The molecule has 5 nitrogen and oxygen atoms in total. The van der Waals surface area contributed by atoms with E-state index in [1.807, 2.05) is 6.33 Å². The van der Waals surface area contributed by atoms with Gasteiger partial charge < -0.3 is 15.2 Å². The van der Waals surface area contributed by atoms with Gasteiger partial charge >= 0.3 is 0 Å². The molecule has 1 aromatic rings. The Kier molecular flexibility index (Phi) is 2.26. The average Bonchev–Trinajstić information content (AvgIpc) is 2.60.